The molecule has 0 aliphatic heterocycles. The van der Waals surface area contributed by atoms with Gasteiger partial charge in [0.25, 0.3) is 0 Å². The quantitative estimate of drug-likeness (QED) is 0.699. The van der Waals surface area contributed by atoms with Crippen LogP contribution in [-0.2, 0) is 9.59 Å². The molecular formula is C9H18N2O2S. The molecule has 0 heterocycles. The van der Waals surface area contributed by atoms with E-state index in [-0.39, 0.29) is 11.8 Å². The molecule has 82 valence electrons. The zero-order valence-electron chi connectivity index (χ0n) is 9.00. The van der Waals surface area contributed by atoms with Crippen LogP contribution >= 0.6 is 11.8 Å². The number of nitrogens with one attached hydrogen (secondary N) is 1. The Morgan fingerprint density at radius 3 is 2.36 bits per heavy atom. The molecule has 0 aromatic rings. The van der Waals surface area contributed by atoms with E-state index in [0.29, 0.717) is 13.1 Å². The van der Waals surface area contributed by atoms with E-state index >= 15 is 0 Å². The van der Waals surface area contributed by atoms with Gasteiger partial charge in [0.05, 0.1) is 0 Å². The highest BCUT2D eigenvalue weighted by Gasteiger charge is 2.06. The van der Waals surface area contributed by atoms with Gasteiger partial charge < -0.3 is 10.2 Å². The molecule has 14 heavy (non-hydrogen) atoms. The minimum atomic E-state index is -0.0571. The van der Waals surface area contributed by atoms with E-state index in [9.17, 15) is 9.59 Å². The largest absolute Gasteiger partial charge is 0.355 e. The monoisotopic (exact) mass is 218 g/mol. The number of carbonyl (C=O) groups is 2. The van der Waals surface area contributed by atoms with E-state index in [2.05, 4.69) is 5.32 Å². The lowest BCUT2D eigenvalue weighted by Crippen LogP contribution is -2.38. The molecule has 0 saturated heterocycles. The van der Waals surface area contributed by atoms with Gasteiger partial charge in [-0.2, -0.15) is 11.8 Å². The summed E-state index contributed by atoms with van der Waals surface area (Å²) < 4.78 is 0. The van der Waals surface area contributed by atoms with Crippen LogP contribution in [0.2, 0.25) is 0 Å². The Hall–Kier alpha value is -0.710. The zero-order valence-corrected chi connectivity index (χ0v) is 9.82. The van der Waals surface area contributed by atoms with Gasteiger partial charge in [0, 0.05) is 39.2 Å². The minimum absolute atomic E-state index is 0.0571. The zero-order chi connectivity index (χ0) is 11.0. The third kappa shape index (κ3) is 6.77. The van der Waals surface area contributed by atoms with Gasteiger partial charge in [0.1, 0.15) is 0 Å². The van der Waals surface area contributed by atoms with Crippen LogP contribution in [-0.4, -0.2) is 48.4 Å². The highest BCUT2D eigenvalue weighted by Crippen LogP contribution is 1.95. The number of hydrogen-bond acceptors (Lipinski definition) is 3. The molecule has 0 aromatic heterocycles. The summed E-state index contributed by atoms with van der Waals surface area (Å²) in [6, 6.07) is 0. The molecule has 0 radical (unpaired) electrons. The molecule has 1 N–H and O–H groups in total. The topological polar surface area (TPSA) is 49.4 Å². The van der Waals surface area contributed by atoms with Crippen LogP contribution in [0.4, 0.5) is 0 Å². The summed E-state index contributed by atoms with van der Waals surface area (Å²) in [6.07, 6.45) is 2.01. The molecule has 0 aromatic carbocycles. The molecule has 2 amide bonds. The van der Waals surface area contributed by atoms with Crippen molar-refractivity contribution >= 4 is 23.6 Å². The third-order valence-corrected chi connectivity index (χ3v) is 2.36. The van der Waals surface area contributed by atoms with Gasteiger partial charge in [-0.1, -0.05) is 0 Å². The molecule has 5 heteroatoms. The molecule has 0 bridgehead atoms. The molecule has 0 spiro atoms. The maximum atomic E-state index is 11.1. The number of thioether (sulfide) groups is 1. The maximum Gasteiger partial charge on any atom is 0.219 e. The Kier molecular flexibility index (Phi) is 7.28. The van der Waals surface area contributed by atoms with Crippen molar-refractivity contribution in [1.82, 2.24) is 10.2 Å². The number of carbonyl (C=O) groups excluding carboxylic acids is 2. The number of hydrogen-bond donors (Lipinski definition) is 1. The first-order chi connectivity index (χ1) is 6.57. The predicted octanol–water partition coefficient (Wildman–Crippen LogP) is 0.334. The Bertz CT molecular complexity index is 197. The Morgan fingerprint density at radius 2 is 1.93 bits per heavy atom. The van der Waals surface area contributed by atoms with Gasteiger partial charge in [-0.15, -0.1) is 0 Å². The number of rotatable bonds is 6. The molecule has 0 aliphatic rings. The van der Waals surface area contributed by atoms with E-state index in [4.69, 9.17) is 0 Å². The maximum absolute atomic E-state index is 11.1. The van der Waals surface area contributed by atoms with Gasteiger partial charge in [-0.25, -0.2) is 0 Å². The predicted molar refractivity (Wildman–Crippen MR) is 59.3 cm³/mol. The van der Waals surface area contributed by atoms with Gasteiger partial charge in [-0.05, 0) is 6.26 Å². The summed E-state index contributed by atoms with van der Waals surface area (Å²) in [4.78, 5) is 23.5. The van der Waals surface area contributed by atoms with Crippen LogP contribution in [0.3, 0.4) is 0 Å². The van der Waals surface area contributed by atoms with E-state index in [1.165, 1.54) is 6.92 Å². The summed E-state index contributed by atoms with van der Waals surface area (Å²) in [5.41, 5.74) is 0. The second kappa shape index (κ2) is 7.67. The van der Waals surface area contributed by atoms with Crippen molar-refractivity contribution in [3.05, 3.63) is 0 Å². The van der Waals surface area contributed by atoms with Crippen molar-refractivity contribution in [3.8, 4) is 0 Å². The Balaban J connectivity index is 3.73. The van der Waals surface area contributed by atoms with E-state index in [0.717, 1.165) is 12.3 Å². The average Bonchev–Trinajstić information content (AvgIpc) is 2.09. The van der Waals surface area contributed by atoms with Crippen molar-refractivity contribution in [2.24, 2.45) is 0 Å². The molecular weight excluding hydrogens is 200 g/mol. The lowest BCUT2D eigenvalue weighted by atomic mass is 10.4. The SMILES string of the molecule is CSCCN(CCNC(C)=O)C(C)=O. The van der Waals surface area contributed by atoms with Crippen molar-refractivity contribution in [2.75, 3.05) is 31.6 Å². The summed E-state index contributed by atoms with van der Waals surface area (Å²) in [5.74, 6) is 0.933. The molecule has 4 nitrogen and oxygen atoms in total. The third-order valence-electron chi connectivity index (χ3n) is 1.77. The first kappa shape index (κ1) is 13.3. The average molecular weight is 218 g/mol. The van der Waals surface area contributed by atoms with Gasteiger partial charge in [-0.3, -0.25) is 9.59 Å². The van der Waals surface area contributed by atoms with E-state index < -0.39 is 0 Å². The van der Waals surface area contributed by atoms with Gasteiger partial charge in [0.2, 0.25) is 11.8 Å². The van der Waals surface area contributed by atoms with Crippen LogP contribution in [0.5, 0.6) is 0 Å². The molecule has 0 rings (SSSR count). The molecule has 0 fully saturated rings. The highest BCUT2D eigenvalue weighted by molar-refractivity contribution is 7.98. The van der Waals surface area contributed by atoms with E-state index in [1.54, 1.807) is 23.6 Å². The van der Waals surface area contributed by atoms with E-state index in [1.807, 2.05) is 6.26 Å². The van der Waals surface area contributed by atoms with Crippen LogP contribution < -0.4 is 5.32 Å². The van der Waals surface area contributed by atoms with Gasteiger partial charge in [0.15, 0.2) is 0 Å². The highest BCUT2D eigenvalue weighted by atomic mass is 32.2. The molecule has 0 aliphatic carbocycles. The van der Waals surface area contributed by atoms with Crippen LogP contribution in [0.1, 0.15) is 13.8 Å². The smallest absolute Gasteiger partial charge is 0.219 e. The molecule has 0 atom stereocenters. The lowest BCUT2D eigenvalue weighted by molar-refractivity contribution is -0.129. The summed E-state index contributed by atoms with van der Waals surface area (Å²) in [5, 5.41) is 2.67. The lowest BCUT2D eigenvalue weighted by Gasteiger charge is -2.20. The fourth-order valence-corrected chi connectivity index (χ4v) is 1.40. The normalized spacial score (nSPS) is 9.64. The fraction of sp³-hybridized carbons (Fsp3) is 0.778. The van der Waals surface area contributed by atoms with Crippen molar-refractivity contribution in [3.63, 3.8) is 0 Å². The summed E-state index contributed by atoms with van der Waals surface area (Å²) >= 11 is 1.71. The van der Waals surface area contributed by atoms with Crippen molar-refractivity contribution < 1.29 is 9.59 Å². The van der Waals surface area contributed by atoms with Crippen molar-refractivity contribution in [1.29, 1.82) is 0 Å². The Morgan fingerprint density at radius 1 is 1.29 bits per heavy atom. The molecule has 0 unspecified atom stereocenters. The van der Waals surface area contributed by atoms with Gasteiger partial charge >= 0.3 is 0 Å². The number of nitrogens with zero attached hydrogens (tertiary/aromatic N) is 1. The van der Waals surface area contributed by atoms with Crippen LogP contribution in [0, 0.1) is 0 Å². The van der Waals surface area contributed by atoms with Crippen LogP contribution in [0.25, 0.3) is 0 Å². The number of amides is 2. The second-order valence-corrected chi connectivity index (χ2v) is 3.97. The standard InChI is InChI=1S/C9H18N2O2S/c1-8(12)10-4-5-11(9(2)13)6-7-14-3/h4-7H2,1-3H3,(H,10,12). The van der Waals surface area contributed by atoms with Crippen molar-refractivity contribution in [2.45, 2.75) is 13.8 Å². The first-order valence-electron chi connectivity index (χ1n) is 4.56. The molecule has 0 saturated carbocycles. The fourth-order valence-electron chi connectivity index (χ4n) is 0.995. The summed E-state index contributed by atoms with van der Waals surface area (Å²) in [7, 11) is 0. The summed E-state index contributed by atoms with van der Waals surface area (Å²) in [6.45, 7) is 4.89. The Labute approximate surface area is 89.4 Å². The first-order valence-corrected chi connectivity index (χ1v) is 5.96. The minimum Gasteiger partial charge on any atom is -0.355 e. The van der Waals surface area contributed by atoms with Crippen LogP contribution in [0.15, 0.2) is 0 Å². The second-order valence-electron chi connectivity index (χ2n) is 2.98.